The van der Waals surface area contributed by atoms with Crippen molar-refractivity contribution >= 4 is 23.2 Å². The molecule has 0 aliphatic heterocycles. The highest BCUT2D eigenvalue weighted by Crippen LogP contribution is 2.40. The molecule has 2 nitrogen and oxygen atoms in total. The molecule has 0 unspecified atom stereocenters. The van der Waals surface area contributed by atoms with Gasteiger partial charge in [0.05, 0.1) is 17.2 Å². The molecule has 0 atom stereocenters. The minimum Gasteiger partial charge on any atom is -0.494 e. The number of hydrogen-bond donors (Lipinski definition) is 0. The fraction of sp³-hybridized carbons (Fsp3) is 0.154. The number of nitrogens with zero attached hydrogens (tertiary/aromatic N) is 1. The maximum Gasteiger partial charge on any atom is 0.433 e. The van der Waals surface area contributed by atoms with E-state index in [1.54, 1.807) is 6.07 Å². The molecular formula is C13H8Cl2F3NO. The van der Waals surface area contributed by atoms with Gasteiger partial charge in [0.2, 0.25) is 0 Å². The monoisotopic (exact) mass is 321 g/mol. The smallest absolute Gasteiger partial charge is 0.433 e. The first-order chi connectivity index (χ1) is 9.34. The number of halogens is 5. The van der Waals surface area contributed by atoms with Crippen molar-refractivity contribution < 1.29 is 17.9 Å². The highest BCUT2D eigenvalue weighted by molar-refractivity contribution is 6.39. The van der Waals surface area contributed by atoms with Crippen LogP contribution in [-0.4, -0.2) is 12.1 Å². The third-order valence-electron chi connectivity index (χ3n) is 2.57. The van der Waals surface area contributed by atoms with Crippen LogP contribution < -0.4 is 4.74 Å². The van der Waals surface area contributed by atoms with Crippen molar-refractivity contribution in [3.05, 3.63) is 46.1 Å². The SMILES string of the molecule is COc1ccc(C(F)(F)F)nc1-c1c(Cl)cccc1Cl. The molecule has 0 fully saturated rings. The highest BCUT2D eigenvalue weighted by Gasteiger charge is 2.33. The van der Waals surface area contributed by atoms with Gasteiger partial charge in [0.25, 0.3) is 0 Å². The van der Waals surface area contributed by atoms with E-state index < -0.39 is 11.9 Å². The minimum absolute atomic E-state index is 0.0436. The van der Waals surface area contributed by atoms with E-state index in [1.165, 1.54) is 25.3 Å². The van der Waals surface area contributed by atoms with Crippen LogP contribution in [0.2, 0.25) is 10.0 Å². The summed E-state index contributed by atoms with van der Waals surface area (Å²) in [5.41, 5.74) is -0.874. The average molecular weight is 322 g/mol. The second kappa shape index (κ2) is 5.50. The summed E-state index contributed by atoms with van der Waals surface area (Å²) in [7, 11) is 1.33. The zero-order valence-corrected chi connectivity index (χ0v) is 11.6. The predicted molar refractivity (Wildman–Crippen MR) is 71.2 cm³/mol. The van der Waals surface area contributed by atoms with Crippen molar-refractivity contribution in [2.45, 2.75) is 6.18 Å². The molecule has 20 heavy (non-hydrogen) atoms. The van der Waals surface area contributed by atoms with Crippen molar-refractivity contribution in [1.29, 1.82) is 0 Å². The zero-order chi connectivity index (χ0) is 14.9. The van der Waals surface area contributed by atoms with E-state index in [2.05, 4.69) is 4.98 Å². The second-order valence-electron chi connectivity index (χ2n) is 3.84. The Labute approximate surface area is 123 Å². The number of methoxy groups -OCH3 is 1. The van der Waals surface area contributed by atoms with Crippen molar-refractivity contribution in [3.63, 3.8) is 0 Å². The third kappa shape index (κ3) is 2.83. The normalized spacial score (nSPS) is 11.5. The van der Waals surface area contributed by atoms with E-state index in [0.29, 0.717) is 0 Å². The van der Waals surface area contributed by atoms with Crippen molar-refractivity contribution in [1.82, 2.24) is 4.98 Å². The fourth-order valence-corrected chi connectivity index (χ4v) is 2.25. The predicted octanol–water partition coefficient (Wildman–Crippen LogP) is 5.08. The van der Waals surface area contributed by atoms with Gasteiger partial charge in [-0.05, 0) is 24.3 Å². The zero-order valence-electron chi connectivity index (χ0n) is 10.1. The summed E-state index contributed by atoms with van der Waals surface area (Å²) >= 11 is 12.0. The summed E-state index contributed by atoms with van der Waals surface area (Å²) in [5.74, 6) is 0.160. The number of hydrogen-bond acceptors (Lipinski definition) is 2. The van der Waals surface area contributed by atoms with Gasteiger partial charge < -0.3 is 4.74 Å². The van der Waals surface area contributed by atoms with Crippen LogP contribution in [0.25, 0.3) is 11.3 Å². The maximum atomic E-state index is 12.8. The molecule has 1 heterocycles. The summed E-state index contributed by atoms with van der Waals surface area (Å²) in [4.78, 5) is 3.59. The molecule has 0 saturated carbocycles. The van der Waals surface area contributed by atoms with Crippen LogP contribution in [0.1, 0.15) is 5.69 Å². The van der Waals surface area contributed by atoms with Gasteiger partial charge in [-0.15, -0.1) is 0 Å². The highest BCUT2D eigenvalue weighted by atomic mass is 35.5. The largest absolute Gasteiger partial charge is 0.494 e. The molecule has 0 radical (unpaired) electrons. The second-order valence-corrected chi connectivity index (χ2v) is 4.66. The molecule has 0 spiro atoms. The Bertz CT molecular complexity index is 624. The summed E-state index contributed by atoms with van der Waals surface area (Å²) in [6, 6.07) is 6.65. The molecule has 2 rings (SSSR count). The van der Waals surface area contributed by atoms with Crippen LogP contribution in [0.3, 0.4) is 0 Å². The van der Waals surface area contributed by atoms with Gasteiger partial charge >= 0.3 is 6.18 Å². The molecular weight excluding hydrogens is 314 g/mol. The van der Waals surface area contributed by atoms with E-state index in [4.69, 9.17) is 27.9 Å². The Balaban J connectivity index is 2.71. The van der Waals surface area contributed by atoms with E-state index >= 15 is 0 Å². The molecule has 0 aliphatic rings. The van der Waals surface area contributed by atoms with Crippen molar-refractivity contribution in [2.24, 2.45) is 0 Å². The molecule has 1 aromatic carbocycles. The molecule has 0 N–H and O–H groups in total. The van der Waals surface area contributed by atoms with Gasteiger partial charge in [0.15, 0.2) is 0 Å². The number of ether oxygens (including phenoxy) is 1. The first-order valence-electron chi connectivity index (χ1n) is 5.41. The Hall–Kier alpha value is -1.46. The van der Waals surface area contributed by atoms with Gasteiger partial charge in [0.1, 0.15) is 17.1 Å². The third-order valence-corrected chi connectivity index (χ3v) is 3.20. The minimum atomic E-state index is -4.56. The number of aromatic nitrogens is 1. The number of alkyl halides is 3. The maximum absolute atomic E-state index is 12.8. The fourth-order valence-electron chi connectivity index (χ4n) is 1.67. The van der Waals surface area contributed by atoms with Crippen LogP contribution in [0.15, 0.2) is 30.3 Å². The molecule has 0 saturated heterocycles. The first kappa shape index (κ1) is 14.9. The average Bonchev–Trinajstić information content (AvgIpc) is 2.37. The lowest BCUT2D eigenvalue weighted by Crippen LogP contribution is -2.09. The molecule has 0 amide bonds. The molecule has 0 aliphatic carbocycles. The lowest BCUT2D eigenvalue weighted by atomic mass is 10.1. The van der Waals surface area contributed by atoms with Crippen molar-refractivity contribution in [3.8, 4) is 17.0 Å². The van der Waals surface area contributed by atoms with Gasteiger partial charge in [-0.1, -0.05) is 29.3 Å². The van der Waals surface area contributed by atoms with E-state index in [-0.39, 0.29) is 27.1 Å². The van der Waals surface area contributed by atoms with E-state index in [9.17, 15) is 13.2 Å². The lowest BCUT2D eigenvalue weighted by molar-refractivity contribution is -0.141. The van der Waals surface area contributed by atoms with Gasteiger partial charge in [-0.2, -0.15) is 13.2 Å². The Kier molecular flexibility index (Phi) is 4.11. The van der Waals surface area contributed by atoms with Gasteiger partial charge in [-0.3, -0.25) is 0 Å². The Morgan fingerprint density at radius 1 is 1.05 bits per heavy atom. The first-order valence-corrected chi connectivity index (χ1v) is 6.17. The van der Waals surface area contributed by atoms with Crippen LogP contribution >= 0.6 is 23.2 Å². The number of benzene rings is 1. The van der Waals surface area contributed by atoms with E-state index in [0.717, 1.165) is 6.07 Å². The summed E-state index contributed by atoms with van der Waals surface area (Å²) in [6.07, 6.45) is -4.56. The van der Waals surface area contributed by atoms with Crippen LogP contribution in [-0.2, 0) is 6.18 Å². The van der Waals surface area contributed by atoms with Crippen molar-refractivity contribution in [2.75, 3.05) is 7.11 Å². The topological polar surface area (TPSA) is 22.1 Å². The van der Waals surface area contributed by atoms with Crippen LogP contribution in [0, 0.1) is 0 Å². The molecule has 2 aromatic rings. The number of pyridine rings is 1. The molecule has 7 heteroatoms. The van der Waals surface area contributed by atoms with Crippen LogP contribution in [0.4, 0.5) is 13.2 Å². The van der Waals surface area contributed by atoms with Gasteiger partial charge in [-0.25, -0.2) is 4.98 Å². The standard InChI is InChI=1S/C13H8Cl2F3NO/c1-20-9-5-6-10(13(16,17)18)19-12(9)11-7(14)3-2-4-8(11)15/h2-6H,1H3. The quantitative estimate of drug-likeness (QED) is 0.769. The Morgan fingerprint density at radius 2 is 1.65 bits per heavy atom. The Morgan fingerprint density at radius 3 is 2.15 bits per heavy atom. The van der Waals surface area contributed by atoms with Crippen LogP contribution in [0.5, 0.6) is 5.75 Å². The lowest BCUT2D eigenvalue weighted by Gasteiger charge is -2.13. The number of rotatable bonds is 2. The summed E-state index contributed by atoms with van der Waals surface area (Å²) in [5, 5.41) is 0.394. The molecule has 106 valence electrons. The molecule has 1 aromatic heterocycles. The summed E-state index contributed by atoms with van der Waals surface area (Å²) < 4.78 is 43.3. The summed E-state index contributed by atoms with van der Waals surface area (Å²) in [6.45, 7) is 0. The van der Waals surface area contributed by atoms with Gasteiger partial charge in [0, 0.05) is 5.56 Å². The van der Waals surface area contributed by atoms with E-state index in [1.807, 2.05) is 0 Å². The molecule has 0 bridgehead atoms.